The average Bonchev–Trinajstić information content (AvgIpc) is 2.57. The highest BCUT2D eigenvalue weighted by Crippen LogP contribution is 2.39. The maximum atomic E-state index is 12.9. The normalized spacial score (nSPS) is 13.4. The van der Waals surface area contributed by atoms with E-state index < -0.39 is 0 Å². The van der Waals surface area contributed by atoms with E-state index in [-0.39, 0.29) is 21.7 Å². The summed E-state index contributed by atoms with van der Waals surface area (Å²) in [7, 11) is 0. The minimum absolute atomic E-state index is 0.0742. The third-order valence-corrected chi connectivity index (χ3v) is 5.71. The summed E-state index contributed by atoms with van der Waals surface area (Å²) in [4.78, 5) is 0. The van der Waals surface area contributed by atoms with E-state index in [0.717, 1.165) is 17.9 Å². The summed E-state index contributed by atoms with van der Waals surface area (Å²) in [6, 6.07) is 16.2. The van der Waals surface area contributed by atoms with E-state index in [2.05, 4.69) is 93.5 Å². The van der Waals surface area contributed by atoms with Crippen molar-refractivity contribution in [2.45, 2.75) is 92.9 Å². The monoisotopic (exact) mass is 408 g/mol. The van der Waals surface area contributed by atoms with Gasteiger partial charge in [-0.3, -0.25) is 0 Å². The molecule has 0 amide bonds. The molecular formula is C28H42NO. The van der Waals surface area contributed by atoms with Crippen LogP contribution in [0.15, 0.2) is 48.5 Å². The van der Waals surface area contributed by atoms with Crippen LogP contribution in [0.4, 0.5) is 11.4 Å². The van der Waals surface area contributed by atoms with Crippen LogP contribution < -0.4 is 5.06 Å². The molecule has 0 aliphatic heterocycles. The first kappa shape index (κ1) is 24.5. The molecule has 30 heavy (non-hydrogen) atoms. The lowest BCUT2D eigenvalue weighted by atomic mass is 9.72. The van der Waals surface area contributed by atoms with Gasteiger partial charge in [-0.25, -0.2) is 0 Å². The molecule has 0 aliphatic rings. The van der Waals surface area contributed by atoms with Crippen molar-refractivity contribution in [1.82, 2.24) is 0 Å². The standard InChI is InChI=1S/C28H42NO/c1-25(2,3)19-27(7,8)21-11-15-23(16-12-21)29(30)24-17-13-22(14-18-24)28(9,10)20-26(4,5)6/h11-18H,19-20H2,1-10H3. The molecule has 0 saturated heterocycles. The fraction of sp³-hybridized carbons (Fsp3) is 0.571. The Morgan fingerprint density at radius 2 is 0.800 bits per heavy atom. The fourth-order valence-electron chi connectivity index (χ4n) is 5.10. The molecule has 2 aromatic rings. The predicted octanol–water partition coefficient (Wildman–Crippen LogP) is 8.60. The van der Waals surface area contributed by atoms with Gasteiger partial charge in [-0.05, 0) is 69.9 Å². The lowest BCUT2D eigenvalue weighted by Crippen LogP contribution is -2.25. The smallest absolute Gasteiger partial charge is 0.0726 e. The van der Waals surface area contributed by atoms with Crippen LogP contribution in [0.1, 0.15) is 93.2 Å². The van der Waals surface area contributed by atoms with Crippen molar-refractivity contribution in [2.75, 3.05) is 5.06 Å². The van der Waals surface area contributed by atoms with Gasteiger partial charge < -0.3 is 0 Å². The summed E-state index contributed by atoms with van der Waals surface area (Å²) >= 11 is 0. The van der Waals surface area contributed by atoms with Crippen LogP contribution in [0.25, 0.3) is 0 Å². The van der Waals surface area contributed by atoms with Gasteiger partial charge >= 0.3 is 0 Å². The van der Waals surface area contributed by atoms with Crippen molar-refractivity contribution in [3.8, 4) is 0 Å². The second kappa shape index (κ2) is 8.38. The van der Waals surface area contributed by atoms with E-state index in [1.54, 1.807) is 0 Å². The Balaban J connectivity index is 2.18. The van der Waals surface area contributed by atoms with Crippen molar-refractivity contribution in [3.05, 3.63) is 59.7 Å². The highest BCUT2D eigenvalue weighted by molar-refractivity contribution is 5.61. The number of rotatable bonds is 6. The molecule has 0 bridgehead atoms. The molecule has 0 unspecified atom stereocenters. The van der Waals surface area contributed by atoms with Crippen molar-refractivity contribution in [3.63, 3.8) is 0 Å². The summed E-state index contributed by atoms with van der Waals surface area (Å²) in [5.74, 6) is 0. The molecule has 0 N–H and O–H groups in total. The number of hydrogen-bond acceptors (Lipinski definition) is 1. The summed E-state index contributed by atoms with van der Waals surface area (Å²) in [6.45, 7) is 22.7. The van der Waals surface area contributed by atoms with Crippen molar-refractivity contribution >= 4 is 11.4 Å². The van der Waals surface area contributed by atoms with Crippen LogP contribution in [0, 0.1) is 10.8 Å². The van der Waals surface area contributed by atoms with Gasteiger partial charge in [0, 0.05) is 0 Å². The van der Waals surface area contributed by atoms with Crippen molar-refractivity contribution < 1.29 is 5.21 Å². The highest BCUT2D eigenvalue weighted by atomic mass is 16.5. The van der Waals surface area contributed by atoms with Gasteiger partial charge in [0.05, 0.1) is 11.4 Å². The zero-order valence-corrected chi connectivity index (χ0v) is 20.9. The Hall–Kier alpha value is -1.80. The first-order valence-corrected chi connectivity index (χ1v) is 11.2. The van der Waals surface area contributed by atoms with Gasteiger partial charge in [-0.1, -0.05) is 98.7 Å². The molecule has 0 aliphatic carbocycles. The molecule has 0 fully saturated rings. The molecular weight excluding hydrogens is 366 g/mol. The van der Waals surface area contributed by atoms with Crippen LogP contribution in [0.2, 0.25) is 0 Å². The Bertz CT molecular complexity index is 743. The lowest BCUT2D eigenvalue weighted by Gasteiger charge is -2.33. The van der Waals surface area contributed by atoms with E-state index in [1.807, 2.05) is 24.3 Å². The van der Waals surface area contributed by atoms with Crippen LogP contribution in [-0.4, -0.2) is 0 Å². The summed E-state index contributed by atoms with van der Waals surface area (Å²) in [6.07, 6.45) is 2.18. The topological polar surface area (TPSA) is 23.1 Å². The van der Waals surface area contributed by atoms with Gasteiger partial charge in [0.25, 0.3) is 0 Å². The second-order valence-electron chi connectivity index (χ2n) is 12.6. The van der Waals surface area contributed by atoms with E-state index in [0.29, 0.717) is 11.4 Å². The Morgan fingerprint density at radius 3 is 1.03 bits per heavy atom. The molecule has 0 spiro atoms. The summed E-state index contributed by atoms with van der Waals surface area (Å²) in [5, 5.41) is 14.0. The number of benzene rings is 2. The zero-order chi connectivity index (χ0) is 23.0. The number of hydrogen-bond donors (Lipinski definition) is 0. The Morgan fingerprint density at radius 1 is 0.533 bits per heavy atom. The average molecular weight is 409 g/mol. The minimum atomic E-state index is 0.0742. The summed E-state index contributed by atoms with van der Waals surface area (Å²) in [5.41, 5.74) is 4.56. The number of anilines is 2. The minimum Gasteiger partial charge on any atom is -0.188 e. The highest BCUT2D eigenvalue weighted by Gasteiger charge is 2.28. The van der Waals surface area contributed by atoms with Crippen LogP contribution in [0.3, 0.4) is 0 Å². The quantitative estimate of drug-likeness (QED) is 0.439. The molecule has 1 radical (unpaired) electrons. The van der Waals surface area contributed by atoms with Crippen molar-refractivity contribution in [1.29, 1.82) is 0 Å². The second-order valence-corrected chi connectivity index (χ2v) is 12.6. The third-order valence-electron chi connectivity index (χ3n) is 5.71. The summed E-state index contributed by atoms with van der Waals surface area (Å²) < 4.78 is 0. The fourth-order valence-corrected chi connectivity index (χ4v) is 5.10. The van der Waals surface area contributed by atoms with E-state index in [9.17, 15) is 5.21 Å². The molecule has 2 rings (SSSR count). The van der Waals surface area contributed by atoms with E-state index in [1.165, 1.54) is 11.1 Å². The van der Waals surface area contributed by atoms with Crippen molar-refractivity contribution in [2.24, 2.45) is 10.8 Å². The molecule has 0 aromatic heterocycles. The Labute approximate surface area is 185 Å². The Kier molecular flexibility index (Phi) is 6.84. The van der Waals surface area contributed by atoms with Gasteiger partial charge in [-0.2, -0.15) is 5.06 Å². The molecule has 0 atom stereocenters. The molecule has 165 valence electrons. The third kappa shape index (κ3) is 6.60. The molecule has 2 aromatic carbocycles. The first-order chi connectivity index (χ1) is 13.5. The molecule has 0 saturated carbocycles. The van der Waals surface area contributed by atoms with Crippen LogP contribution in [-0.2, 0) is 16.0 Å². The molecule has 0 heterocycles. The molecule has 2 heteroatoms. The van der Waals surface area contributed by atoms with E-state index in [4.69, 9.17) is 0 Å². The molecule has 2 nitrogen and oxygen atoms in total. The lowest BCUT2D eigenvalue weighted by molar-refractivity contribution is 0.196. The number of nitrogens with zero attached hydrogens (tertiary/aromatic N) is 1. The SMILES string of the molecule is CC(C)(C)CC(C)(C)c1ccc(N([O])c2ccc(C(C)(C)CC(C)(C)C)cc2)cc1. The largest absolute Gasteiger partial charge is 0.188 e. The predicted molar refractivity (Wildman–Crippen MR) is 130 cm³/mol. The first-order valence-electron chi connectivity index (χ1n) is 11.2. The van der Waals surface area contributed by atoms with Crippen LogP contribution in [0.5, 0.6) is 0 Å². The van der Waals surface area contributed by atoms with Crippen LogP contribution >= 0.6 is 0 Å². The van der Waals surface area contributed by atoms with Gasteiger partial charge in [0.15, 0.2) is 0 Å². The van der Waals surface area contributed by atoms with Gasteiger partial charge in [-0.15, -0.1) is 0 Å². The van der Waals surface area contributed by atoms with E-state index >= 15 is 0 Å². The van der Waals surface area contributed by atoms with Gasteiger partial charge in [0.1, 0.15) is 0 Å². The maximum Gasteiger partial charge on any atom is 0.0726 e. The van der Waals surface area contributed by atoms with Gasteiger partial charge in [0.2, 0.25) is 0 Å². The zero-order valence-electron chi connectivity index (χ0n) is 20.9. The maximum absolute atomic E-state index is 12.9.